The van der Waals surface area contributed by atoms with Crippen LogP contribution in [-0.2, 0) is 13.2 Å². The van der Waals surface area contributed by atoms with Crippen molar-refractivity contribution >= 4 is 5.69 Å². The molecule has 0 radical (unpaired) electrons. The number of rotatable bonds is 5. The number of hydrazine groups is 1. The number of hydrogen-bond donors (Lipinski definition) is 3. The van der Waals surface area contributed by atoms with Crippen LogP contribution in [0.4, 0.5) is 5.69 Å². The number of anilines is 1. The highest BCUT2D eigenvalue weighted by atomic mass is 16.5. The fourth-order valence-electron chi connectivity index (χ4n) is 1.54. The highest BCUT2D eigenvalue weighted by Crippen LogP contribution is 2.15. The molecule has 5 nitrogen and oxygen atoms in total. The summed E-state index contributed by atoms with van der Waals surface area (Å²) in [5, 5.41) is 9.03. The minimum absolute atomic E-state index is 0.00201. The number of pyridine rings is 1. The third kappa shape index (κ3) is 3.19. The minimum Gasteiger partial charge on any atom is -0.487 e. The molecule has 5 heteroatoms. The van der Waals surface area contributed by atoms with Crippen LogP contribution in [0.25, 0.3) is 0 Å². The molecule has 0 aliphatic heterocycles. The predicted molar refractivity (Wildman–Crippen MR) is 68.7 cm³/mol. The van der Waals surface area contributed by atoms with Crippen molar-refractivity contribution in [3.63, 3.8) is 0 Å². The zero-order valence-electron chi connectivity index (χ0n) is 9.84. The Bertz CT molecular complexity index is 470. The van der Waals surface area contributed by atoms with Gasteiger partial charge in [-0.05, 0) is 29.8 Å². The summed E-state index contributed by atoms with van der Waals surface area (Å²) in [7, 11) is 0. The summed E-state index contributed by atoms with van der Waals surface area (Å²) in [6, 6.07) is 10.9. The molecule has 0 fully saturated rings. The van der Waals surface area contributed by atoms with Gasteiger partial charge in [0.2, 0.25) is 0 Å². The van der Waals surface area contributed by atoms with E-state index in [0.717, 1.165) is 16.9 Å². The molecular formula is C13H15N3O2. The van der Waals surface area contributed by atoms with Gasteiger partial charge in [0.05, 0.1) is 18.0 Å². The zero-order chi connectivity index (χ0) is 12.8. The van der Waals surface area contributed by atoms with E-state index < -0.39 is 0 Å². The zero-order valence-corrected chi connectivity index (χ0v) is 9.84. The topological polar surface area (TPSA) is 80.4 Å². The van der Waals surface area contributed by atoms with Crippen LogP contribution >= 0.6 is 0 Å². The summed E-state index contributed by atoms with van der Waals surface area (Å²) >= 11 is 0. The van der Waals surface area contributed by atoms with Gasteiger partial charge in [-0.25, -0.2) is 0 Å². The second-order valence-electron chi connectivity index (χ2n) is 3.77. The van der Waals surface area contributed by atoms with Gasteiger partial charge in [0.25, 0.3) is 0 Å². The van der Waals surface area contributed by atoms with Gasteiger partial charge in [0, 0.05) is 6.20 Å². The standard InChI is InChI=1S/C13H15N3O2/c14-16-11-4-5-15-12(7-11)9-18-13-3-1-2-10(6-13)8-17/h1-7,17H,8-9,14H2,(H,15,16). The van der Waals surface area contributed by atoms with Crippen LogP contribution in [0.15, 0.2) is 42.6 Å². The number of nitrogens with two attached hydrogens (primary N) is 1. The van der Waals surface area contributed by atoms with E-state index >= 15 is 0 Å². The first kappa shape index (κ1) is 12.3. The van der Waals surface area contributed by atoms with Gasteiger partial charge >= 0.3 is 0 Å². The Labute approximate surface area is 105 Å². The van der Waals surface area contributed by atoms with Crippen molar-refractivity contribution in [3.8, 4) is 5.75 Å². The molecule has 0 amide bonds. The van der Waals surface area contributed by atoms with Crippen LogP contribution in [0.1, 0.15) is 11.3 Å². The van der Waals surface area contributed by atoms with Crippen molar-refractivity contribution in [1.82, 2.24) is 4.98 Å². The van der Waals surface area contributed by atoms with E-state index in [0.29, 0.717) is 12.4 Å². The Balaban J connectivity index is 2.01. The number of aromatic nitrogens is 1. The number of benzene rings is 1. The molecule has 0 saturated heterocycles. The number of ether oxygens (including phenoxy) is 1. The maximum absolute atomic E-state index is 9.03. The molecule has 1 heterocycles. The van der Waals surface area contributed by atoms with Crippen LogP contribution in [0.3, 0.4) is 0 Å². The van der Waals surface area contributed by atoms with Gasteiger partial charge in [-0.2, -0.15) is 0 Å². The first-order valence-corrected chi connectivity index (χ1v) is 5.56. The number of aliphatic hydroxyl groups is 1. The highest BCUT2D eigenvalue weighted by Gasteiger charge is 1.99. The third-order valence-corrected chi connectivity index (χ3v) is 2.45. The van der Waals surface area contributed by atoms with Crippen LogP contribution in [-0.4, -0.2) is 10.1 Å². The monoisotopic (exact) mass is 245 g/mol. The first-order chi connectivity index (χ1) is 8.81. The molecule has 94 valence electrons. The molecule has 1 aromatic carbocycles. The Morgan fingerprint density at radius 2 is 2.17 bits per heavy atom. The van der Waals surface area contributed by atoms with Crippen molar-refractivity contribution in [3.05, 3.63) is 53.9 Å². The summed E-state index contributed by atoms with van der Waals surface area (Å²) in [5.74, 6) is 6.02. The summed E-state index contributed by atoms with van der Waals surface area (Å²) in [6.45, 7) is 0.354. The molecule has 4 N–H and O–H groups in total. The second kappa shape index (κ2) is 6.00. The number of nitrogen functional groups attached to an aromatic ring is 1. The van der Waals surface area contributed by atoms with Gasteiger partial charge in [-0.15, -0.1) is 0 Å². The van der Waals surface area contributed by atoms with Crippen LogP contribution in [0.2, 0.25) is 0 Å². The number of nitrogens with zero attached hydrogens (tertiary/aromatic N) is 1. The predicted octanol–water partition coefficient (Wildman–Crippen LogP) is 1.44. The van der Waals surface area contributed by atoms with Crippen molar-refractivity contribution in [2.75, 3.05) is 5.43 Å². The van der Waals surface area contributed by atoms with Crippen molar-refractivity contribution in [2.24, 2.45) is 5.84 Å². The average Bonchev–Trinajstić information content (AvgIpc) is 2.45. The Morgan fingerprint density at radius 1 is 1.28 bits per heavy atom. The van der Waals surface area contributed by atoms with E-state index in [9.17, 15) is 0 Å². The molecule has 18 heavy (non-hydrogen) atoms. The lowest BCUT2D eigenvalue weighted by atomic mass is 10.2. The van der Waals surface area contributed by atoms with Gasteiger partial charge in [-0.1, -0.05) is 12.1 Å². The van der Waals surface area contributed by atoms with Gasteiger partial charge in [0.15, 0.2) is 0 Å². The Kier molecular flexibility index (Phi) is 4.11. The highest BCUT2D eigenvalue weighted by molar-refractivity contribution is 5.41. The lowest BCUT2D eigenvalue weighted by Crippen LogP contribution is -2.08. The Hall–Kier alpha value is -2.11. The molecule has 0 atom stereocenters. The van der Waals surface area contributed by atoms with Crippen LogP contribution in [0.5, 0.6) is 5.75 Å². The van der Waals surface area contributed by atoms with E-state index in [2.05, 4.69) is 10.4 Å². The normalized spacial score (nSPS) is 10.1. The van der Waals surface area contributed by atoms with Crippen LogP contribution < -0.4 is 16.0 Å². The molecule has 0 saturated carbocycles. The molecular weight excluding hydrogens is 230 g/mol. The van der Waals surface area contributed by atoms with Gasteiger partial charge in [-0.3, -0.25) is 10.8 Å². The van der Waals surface area contributed by atoms with E-state index in [1.165, 1.54) is 0 Å². The molecule has 0 spiro atoms. The number of hydrogen-bond acceptors (Lipinski definition) is 5. The Morgan fingerprint density at radius 3 is 2.94 bits per heavy atom. The van der Waals surface area contributed by atoms with E-state index in [1.807, 2.05) is 24.3 Å². The van der Waals surface area contributed by atoms with Gasteiger partial charge in [0.1, 0.15) is 12.4 Å². The summed E-state index contributed by atoms with van der Waals surface area (Å²) in [6.07, 6.45) is 1.66. The quantitative estimate of drug-likeness (QED) is 0.548. The molecule has 0 aliphatic rings. The summed E-state index contributed by atoms with van der Waals surface area (Å²) < 4.78 is 5.59. The fraction of sp³-hybridized carbons (Fsp3) is 0.154. The van der Waals surface area contributed by atoms with Crippen molar-refractivity contribution in [2.45, 2.75) is 13.2 Å². The average molecular weight is 245 g/mol. The minimum atomic E-state index is 0.00201. The summed E-state index contributed by atoms with van der Waals surface area (Å²) in [4.78, 5) is 4.18. The molecule has 2 rings (SSSR count). The van der Waals surface area contributed by atoms with E-state index in [4.69, 9.17) is 15.7 Å². The van der Waals surface area contributed by atoms with E-state index in [1.54, 1.807) is 18.3 Å². The lowest BCUT2D eigenvalue weighted by Gasteiger charge is -2.08. The van der Waals surface area contributed by atoms with E-state index in [-0.39, 0.29) is 6.61 Å². The largest absolute Gasteiger partial charge is 0.487 e. The lowest BCUT2D eigenvalue weighted by molar-refractivity contribution is 0.277. The van der Waals surface area contributed by atoms with Crippen molar-refractivity contribution < 1.29 is 9.84 Å². The molecule has 0 unspecified atom stereocenters. The second-order valence-corrected chi connectivity index (χ2v) is 3.77. The molecule has 1 aromatic heterocycles. The van der Waals surface area contributed by atoms with Crippen LogP contribution in [0, 0.1) is 0 Å². The third-order valence-electron chi connectivity index (χ3n) is 2.45. The summed E-state index contributed by atoms with van der Waals surface area (Å²) in [5.41, 5.74) is 4.94. The van der Waals surface area contributed by atoms with Crippen molar-refractivity contribution in [1.29, 1.82) is 0 Å². The van der Waals surface area contributed by atoms with Gasteiger partial charge < -0.3 is 15.3 Å². The molecule has 0 bridgehead atoms. The molecule has 0 aliphatic carbocycles. The SMILES string of the molecule is NNc1ccnc(COc2cccc(CO)c2)c1. The fourth-order valence-corrected chi connectivity index (χ4v) is 1.54. The maximum Gasteiger partial charge on any atom is 0.130 e. The first-order valence-electron chi connectivity index (χ1n) is 5.56. The molecule has 2 aromatic rings. The smallest absolute Gasteiger partial charge is 0.130 e. The maximum atomic E-state index is 9.03. The number of aliphatic hydroxyl groups excluding tert-OH is 1. The number of nitrogens with one attached hydrogen (secondary N) is 1.